The van der Waals surface area contributed by atoms with E-state index in [2.05, 4.69) is 15.0 Å². The molecule has 0 spiro atoms. The topological polar surface area (TPSA) is 85.0 Å². The molecule has 3 aromatic rings. The third-order valence-corrected chi connectivity index (χ3v) is 2.97. The van der Waals surface area contributed by atoms with E-state index in [0.717, 1.165) is 11.4 Å². The largest absolute Gasteiger partial charge is 0.328 e. The van der Waals surface area contributed by atoms with Crippen molar-refractivity contribution in [3.8, 4) is 0 Å². The van der Waals surface area contributed by atoms with Crippen molar-refractivity contribution in [1.82, 2.24) is 23.9 Å². The van der Waals surface area contributed by atoms with Gasteiger partial charge in [-0.25, -0.2) is 9.78 Å². The minimum atomic E-state index is -0.456. The van der Waals surface area contributed by atoms with Crippen molar-refractivity contribution >= 4 is 5.65 Å². The molecular weight excluding hydrogens is 258 g/mol. The molecule has 7 nitrogen and oxygen atoms in total. The maximum absolute atomic E-state index is 11.7. The average Bonchev–Trinajstić information content (AvgIpc) is 2.73. The van der Waals surface area contributed by atoms with Crippen LogP contribution in [-0.4, -0.2) is 23.9 Å². The standard InChI is InChI=1S/C13H13N5O2/c1-8-5-18-6-9(2)15-12(18)10(14-8)7-17-4-3-11(19)16-13(17)20/h3-6H,7H2,1-2H3,(H,16,19,20). The number of rotatable bonds is 2. The summed E-state index contributed by atoms with van der Waals surface area (Å²) in [4.78, 5) is 33.9. The first-order chi connectivity index (χ1) is 9.52. The van der Waals surface area contributed by atoms with E-state index in [1.165, 1.54) is 16.8 Å². The number of hydrogen-bond donors (Lipinski definition) is 1. The van der Waals surface area contributed by atoms with E-state index in [0.29, 0.717) is 11.3 Å². The van der Waals surface area contributed by atoms with Crippen molar-refractivity contribution in [3.63, 3.8) is 0 Å². The molecule has 0 radical (unpaired) electrons. The molecule has 3 rings (SSSR count). The van der Waals surface area contributed by atoms with Gasteiger partial charge in [0.05, 0.1) is 17.9 Å². The van der Waals surface area contributed by atoms with Gasteiger partial charge in [-0.05, 0) is 13.8 Å². The molecule has 0 aromatic carbocycles. The van der Waals surface area contributed by atoms with Gasteiger partial charge in [-0.15, -0.1) is 0 Å². The third kappa shape index (κ3) is 2.13. The quantitative estimate of drug-likeness (QED) is 0.723. The lowest BCUT2D eigenvalue weighted by atomic mass is 10.3. The van der Waals surface area contributed by atoms with Crippen LogP contribution in [0.2, 0.25) is 0 Å². The van der Waals surface area contributed by atoms with Gasteiger partial charge in [0.2, 0.25) is 0 Å². The lowest BCUT2D eigenvalue weighted by Gasteiger charge is -2.06. The van der Waals surface area contributed by atoms with E-state index in [4.69, 9.17) is 0 Å². The first-order valence-electron chi connectivity index (χ1n) is 6.14. The summed E-state index contributed by atoms with van der Waals surface area (Å²) in [6, 6.07) is 1.31. The van der Waals surface area contributed by atoms with Gasteiger partial charge in [-0.1, -0.05) is 0 Å². The Labute approximate surface area is 113 Å². The monoisotopic (exact) mass is 271 g/mol. The van der Waals surface area contributed by atoms with Gasteiger partial charge in [0, 0.05) is 24.7 Å². The lowest BCUT2D eigenvalue weighted by Crippen LogP contribution is -2.29. The second kappa shape index (κ2) is 4.44. The van der Waals surface area contributed by atoms with Gasteiger partial charge in [0.1, 0.15) is 5.69 Å². The molecule has 0 fully saturated rings. The van der Waals surface area contributed by atoms with Crippen LogP contribution in [0.25, 0.3) is 5.65 Å². The summed E-state index contributed by atoms with van der Waals surface area (Å²) in [6.45, 7) is 4.05. The van der Waals surface area contributed by atoms with Gasteiger partial charge < -0.3 is 4.40 Å². The fourth-order valence-electron chi connectivity index (χ4n) is 2.16. The number of aryl methyl sites for hydroxylation is 2. The summed E-state index contributed by atoms with van der Waals surface area (Å²) in [5.41, 5.74) is 2.25. The van der Waals surface area contributed by atoms with Crippen LogP contribution < -0.4 is 11.2 Å². The lowest BCUT2D eigenvalue weighted by molar-refractivity contribution is 0.702. The molecule has 3 aromatic heterocycles. The summed E-state index contributed by atoms with van der Waals surface area (Å²) in [7, 11) is 0. The smallest absolute Gasteiger partial charge is 0.303 e. The normalized spacial score (nSPS) is 11.1. The van der Waals surface area contributed by atoms with Crippen molar-refractivity contribution in [2.75, 3.05) is 0 Å². The zero-order valence-corrected chi connectivity index (χ0v) is 11.1. The third-order valence-electron chi connectivity index (χ3n) is 2.97. The fraction of sp³-hybridized carbons (Fsp3) is 0.231. The number of aromatic amines is 1. The van der Waals surface area contributed by atoms with E-state index in [1.54, 1.807) is 0 Å². The molecule has 0 saturated carbocycles. The summed E-state index contributed by atoms with van der Waals surface area (Å²) >= 11 is 0. The van der Waals surface area contributed by atoms with Crippen LogP contribution >= 0.6 is 0 Å². The van der Waals surface area contributed by atoms with Gasteiger partial charge >= 0.3 is 5.69 Å². The Morgan fingerprint density at radius 2 is 1.85 bits per heavy atom. The number of nitrogens with one attached hydrogen (secondary N) is 1. The first-order valence-corrected chi connectivity index (χ1v) is 6.14. The van der Waals surface area contributed by atoms with Crippen LogP contribution in [0.5, 0.6) is 0 Å². The van der Waals surface area contributed by atoms with Gasteiger partial charge in [-0.3, -0.25) is 19.3 Å². The fourth-order valence-corrected chi connectivity index (χ4v) is 2.16. The zero-order chi connectivity index (χ0) is 14.3. The SMILES string of the molecule is Cc1cn2cc(C)nc2c(Cn2ccc(=O)[nH]c2=O)n1. The maximum Gasteiger partial charge on any atom is 0.328 e. The zero-order valence-electron chi connectivity index (χ0n) is 11.1. The highest BCUT2D eigenvalue weighted by Crippen LogP contribution is 2.11. The minimum Gasteiger partial charge on any atom is -0.303 e. The van der Waals surface area contributed by atoms with Gasteiger partial charge in [-0.2, -0.15) is 0 Å². The van der Waals surface area contributed by atoms with Crippen LogP contribution in [0.1, 0.15) is 17.1 Å². The number of imidazole rings is 1. The molecule has 0 amide bonds. The van der Waals surface area contributed by atoms with Crippen molar-refractivity contribution < 1.29 is 0 Å². The van der Waals surface area contributed by atoms with E-state index in [1.807, 2.05) is 30.6 Å². The van der Waals surface area contributed by atoms with Gasteiger partial charge in [0.15, 0.2) is 5.65 Å². The maximum atomic E-state index is 11.7. The minimum absolute atomic E-state index is 0.261. The Bertz CT molecular complexity index is 903. The number of nitrogens with zero attached hydrogens (tertiary/aromatic N) is 4. The first kappa shape index (κ1) is 12.3. The molecule has 0 aliphatic carbocycles. The molecule has 0 bridgehead atoms. The summed E-state index contributed by atoms with van der Waals surface area (Å²) in [5.74, 6) is 0. The molecule has 0 saturated heterocycles. The summed E-state index contributed by atoms with van der Waals surface area (Å²) in [6.07, 6.45) is 5.25. The molecular formula is C13H13N5O2. The highest BCUT2D eigenvalue weighted by Gasteiger charge is 2.09. The number of H-pyrrole nitrogens is 1. The van der Waals surface area contributed by atoms with E-state index < -0.39 is 11.2 Å². The van der Waals surface area contributed by atoms with E-state index in [9.17, 15) is 9.59 Å². The number of hydrogen-bond acceptors (Lipinski definition) is 4. The molecule has 20 heavy (non-hydrogen) atoms. The average molecular weight is 271 g/mol. The summed E-state index contributed by atoms with van der Waals surface area (Å²) < 4.78 is 3.29. The Hall–Kier alpha value is -2.70. The summed E-state index contributed by atoms with van der Waals surface area (Å²) in [5, 5.41) is 0. The van der Waals surface area contributed by atoms with Crippen LogP contribution in [0, 0.1) is 13.8 Å². The second-order valence-electron chi connectivity index (χ2n) is 4.68. The predicted molar refractivity (Wildman–Crippen MR) is 72.9 cm³/mol. The molecule has 102 valence electrons. The molecule has 0 unspecified atom stereocenters. The van der Waals surface area contributed by atoms with E-state index >= 15 is 0 Å². The Balaban J connectivity index is 2.14. The molecule has 0 aliphatic heterocycles. The Kier molecular flexibility index (Phi) is 2.74. The molecule has 3 heterocycles. The van der Waals surface area contributed by atoms with Crippen LogP contribution in [0.15, 0.2) is 34.2 Å². The molecule has 1 N–H and O–H groups in total. The molecule has 0 atom stereocenters. The van der Waals surface area contributed by atoms with Crippen molar-refractivity contribution in [2.24, 2.45) is 0 Å². The number of fused-ring (bicyclic) bond motifs is 1. The van der Waals surface area contributed by atoms with Crippen molar-refractivity contribution in [2.45, 2.75) is 20.4 Å². The van der Waals surface area contributed by atoms with Gasteiger partial charge in [0.25, 0.3) is 5.56 Å². The molecule has 0 aliphatic rings. The van der Waals surface area contributed by atoms with Crippen molar-refractivity contribution in [1.29, 1.82) is 0 Å². The second-order valence-corrected chi connectivity index (χ2v) is 4.68. The predicted octanol–water partition coefficient (Wildman–Crippen LogP) is 0.244. The highest BCUT2D eigenvalue weighted by atomic mass is 16.2. The van der Waals surface area contributed by atoms with Crippen LogP contribution in [0.4, 0.5) is 0 Å². The van der Waals surface area contributed by atoms with E-state index in [-0.39, 0.29) is 6.54 Å². The van der Waals surface area contributed by atoms with Crippen LogP contribution in [-0.2, 0) is 6.54 Å². The Morgan fingerprint density at radius 1 is 1.15 bits per heavy atom. The Morgan fingerprint density at radius 3 is 2.55 bits per heavy atom. The van der Waals surface area contributed by atoms with Crippen LogP contribution in [0.3, 0.4) is 0 Å². The van der Waals surface area contributed by atoms with Crippen molar-refractivity contribution in [3.05, 3.63) is 62.6 Å². The number of aromatic nitrogens is 5. The molecule has 7 heteroatoms. The highest BCUT2D eigenvalue weighted by molar-refractivity contribution is 5.45.